The van der Waals surface area contributed by atoms with Gasteiger partial charge >= 0.3 is 0 Å². The lowest BCUT2D eigenvalue weighted by atomic mass is 9.92. The minimum Gasteiger partial charge on any atom is -0.394 e. The normalized spacial score (nSPS) is 29.9. The third-order valence-electron chi connectivity index (χ3n) is 5.56. The van der Waals surface area contributed by atoms with Gasteiger partial charge in [0.1, 0.15) is 30.2 Å². The van der Waals surface area contributed by atoms with Crippen molar-refractivity contribution in [1.82, 2.24) is 24.8 Å². The van der Waals surface area contributed by atoms with E-state index in [9.17, 15) is 15.3 Å². The third-order valence-corrected chi connectivity index (χ3v) is 5.56. The molecule has 1 unspecified atom stereocenters. The van der Waals surface area contributed by atoms with E-state index in [4.69, 9.17) is 4.74 Å². The Labute approximate surface area is 160 Å². The molecular formula is C19H21N5O4. The minimum atomic E-state index is -1.19. The van der Waals surface area contributed by atoms with E-state index in [1.54, 1.807) is 4.57 Å². The maximum Gasteiger partial charge on any atom is 0.165 e. The topological polar surface area (TPSA) is 126 Å². The molecule has 0 aliphatic carbocycles. The van der Waals surface area contributed by atoms with Gasteiger partial charge in [-0.25, -0.2) is 15.0 Å². The van der Waals surface area contributed by atoms with Crippen molar-refractivity contribution in [3.8, 4) is 0 Å². The van der Waals surface area contributed by atoms with Gasteiger partial charge in [-0.15, -0.1) is 0 Å². The SMILES string of the molecule is OC[C@H]1O[C@@H](n2cnc3c(C4NCCc5ccccc54)ncnc32)[C@H](O)[C@@H]1O. The van der Waals surface area contributed by atoms with Gasteiger partial charge in [0, 0.05) is 6.54 Å². The van der Waals surface area contributed by atoms with Gasteiger partial charge in [-0.05, 0) is 17.5 Å². The van der Waals surface area contributed by atoms with Crippen molar-refractivity contribution in [3.05, 3.63) is 53.7 Å². The molecular weight excluding hydrogens is 362 g/mol. The Morgan fingerprint density at radius 2 is 2.00 bits per heavy atom. The number of hydrogen-bond acceptors (Lipinski definition) is 8. The highest BCUT2D eigenvalue weighted by Gasteiger charge is 2.44. The second-order valence-corrected chi connectivity index (χ2v) is 7.15. The lowest BCUT2D eigenvalue weighted by Gasteiger charge is -2.26. The second-order valence-electron chi connectivity index (χ2n) is 7.15. The quantitative estimate of drug-likeness (QED) is 0.485. The number of nitrogens with zero attached hydrogens (tertiary/aromatic N) is 4. The molecule has 5 atom stereocenters. The number of hydrogen-bond donors (Lipinski definition) is 4. The van der Waals surface area contributed by atoms with Gasteiger partial charge in [-0.2, -0.15) is 0 Å². The van der Waals surface area contributed by atoms with Crippen LogP contribution in [0.4, 0.5) is 0 Å². The number of rotatable bonds is 3. The van der Waals surface area contributed by atoms with Crippen LogP contribution in [0.5, 0.6) is 0 Å². The van der Waals surface area contributed by atoms with E-state index in [0.717, 1.165) is 24.2 Å². The maximum absolute atomic E-state index is 10.3. The first kappa shape index (κ1) is 17.7. The van der Waals surface area contributed by atoms with Gasteiger partial charge in [-0.3, -0.25) is 4.57 Å². The van der Waals surface area contributed by atoms with Crippen LogP contribution in [0.25, 0.3) is 11.2 Å². The molecule has 0 saturated carbocycles. The molecule has 9 nitrogen and oxygen atoms in total. The van der Waals surface area contributed by atoms with Crippen LogP contribution in [-0.2, 0) is 11.2 Å². The number of nitrogens with one attached hydrogen (secondary N) is 1. The number of aromatic nitrogens is 4. The number of aliphatic hydroxyl groups is 3. The first-order valence-electron chi connectivity index (χ1n) is 9.30. The maximum atomic E-state index is 10.3. The van der Waals surface area contributed by atoms with Crippen molar-refractivity contribution in [2.45, 2.75) is 37.0 Å². The zero-order chi connectivity index (χ0) is 19.3. The Balaban J connectivity index is 1.58. The Morgan fingerprint density at radius 3 is 2.82 bits per heavy atom. The fourth-order valence-electron chi connectivity index (χ4n) is 4.13. The molecule has 0 radical (unpaired) electrons. The van der Waals surface area contributed by atoms with E-state index >= 15 is 0 Å². The summed E-state index contributed by atoms with van der Waals surface area (Å²) in [6.07, 6.45) is -0.162. The smallest absolute Gasteiger partial charge is 0.165 e. The zero-order valence-corrected chi connectivity index (χ0v) is 15.0. The molecule has 9 heteroatoms. The van der Waals surface area contributed by atoms with E-state index in [-0.39, 0.29) is 12.6 Å². The lowest BCUT2D eigenvalue weighted by molar-refractivity contribution is -0.0511. The van der Waals surface area contributed by atoms with E-state index in [1.807, 2.05) is 12.1 Å². The number of fused-ring (bicyclic) bond motifs is 2. The summed E-state index contributed by atoms with van der Waals surface area (Å²) in [4.78, 5) is 13.3. The van der Waals surface area contributed by atoms with Crippen LogP contribution in [0.3, 0.4) is 0 Å². The first-order chi connectivity index (χ1) is 13.7. The molecule has 4 N–H and O–H groups in total. The molecule has 1 saturated heterocycles. The molecule has 2 aliphatic heterocycles. The molecule has 5 rings (SSSR count). The molecule has 2 aromatic heterocycles. The van der Waals surface area contributed by atoms with E-state index in [1.165, 1.54) is 18.2 Å². The van der Waals surface area contributed by atoms with Crippen molar-refractivity contribution in [2.24, 2.45) is 0 Å². The fraction of sp³-hybridized carbons (Fsp3) is 0.421. The van der Waals surface area contributed by atoms with E-state index in [2.05, 4.69) is 32.4 Å². The Hall–Kier alpha value is -2.43. The van der Waals surface area contributed by atoms with E-state index < -0.39 is 24.5 Å². The molecule has 28 heavy (non-hydrogen) atoms. The van der Waals surface area contributed by atoms with Crippen molar-refractivity contribution in [2.75, 3.05) is 13.2 Å². The number of ether oxygens (including phenoxy) is 1. The molecule has 1 fully saturated rings. The molecule has 0 amide bonds. The molecule has 4 heterocycles. The van der Waals surface area contributed by atoms with Gasteiger partial charge < -0.3 is 25.4 Å². The number of benzene rings is 1. The summed E-state index contributed by atoms with van der Waals surface area (Å²) in [7, 11) is 0. The lowest BCUT2D eigenvalue weighted by Crippen LogP contribution is -2.33. The predicted octanol–water partition coefficient (Wildman–Crippen LogP) is -0.327. The fourth-order valence-corrected chi connectivity index (χ4v) is 4.13. The predicted molar refractivity (Wildman–Crippen MR) is 98.3 cm³/mol. The van der Waals surface area contributed by atoms with Crippen LogP contribution < -0.4 is 5.32 Å². The van der Waals surface area contributed by atoms with Crippen LogP contribution in [0, 0.1) is 0 Å². The summed E-state index contributed by atoms with van der Waals surface area (Å²) >= 11 is 0. The van der Waals surface area contributed by atoms with Crippen molar-refractivity contribution < 1.29 is 20.1 Å². The summed E-state index contributed by atoms with van der Waals surface area (Å²) in [6, 6.07) is 8.15. The Kier molecular flexibility index (Phi) is 4.33. The highest BCUT2D eigenvalue weighted by molar-refractivity contribution is 5.74. The van der Waals surface area contributed by atoms with E-state index in [0.29, 0.717) is 11.2 Å². The van der Waals surface area contributed by atoms with Crippen LogP contribution in [-0.4, -0.2) is 66.3 Å². The molecule has 0 spiro atoms. The second kappa shape index (κ2) is 6.87. The third kappa shape index (κ3) is 2.63. The monoisotopic (exact) mass is 383 g/mol. The van der Waals surface area contributed by atoms with Gasteiger partial charge in [0.05, 0.1) is 24.7 Å². The molecule has 1 aromatic carbocycles. The van der Waals surface area contributed by atoms with Crippen molar-refractivity contribution in [1.29, 1.82) is 0 Å². The highest BCUT2D eigenvalue weighted by Crippen LogP contribution is 2.34. The van der Waals surface area contributed by atoms with Gasteiger partial charge in [0.2, 0.25) is 0 Å². The van der Waals surface area contributed by atoms with Crippen molar-refractivity contribution >= 4 is 11.2 Å². The average Bonchev–Trinajstić information content (AvgIpc) is 3.29. The van der Waals surface area contributed by atoms with Gasteiger partial charge in [0.25, 0.3) is 0 Å². The standard InChI is InChI=1S/C19H21N5O4/c25-7-12-16(26)17(27)19(28-12)24-9-23-15-14(21-8-22-18(15)24)13-11-4-2-1-3-10(11)5-6-20-13/h1-4,8-9,12-13,16-17,19-20,25-27H,5-7H2/t12-,13?,16-,17-,19-/m1/s1. The largest absolute Gasteiger partial charge is 0.394 e. The highest BCUT2D eigenvalue weighted by atomic mass is 16.6. The summed E-state index contributed by atoms with van der Waals surface area (Å²) in [5.74, 6) is 0. The summed E-state index contributed by atoms with van der Waals surface area (Å²) < 4.78 is 7.21. The van der Waals surface area contributed by atoms with Crippen LogP contribution >= 0.6 is 0 Å². The molecule has 146 valence electrons. The number of imidazole rings is 1. The number of aliphatic hydroxyl groups excluding tert-OH is 3. The minimum absolute atomic E-state index is 0.107. The summed E-state index contributed by atoms with van der Waals surface area (Å²) in [5.41, 5.74) is 4.30. The van der Waals surface area contributed by atoms with Crippen LogP contribution in [0.15, 0.2) is 36.9 Å². The molecule has 2 aliphatic rings. The summed E-state index contributed by atoms with van der Waals surface area (Å²) in [6.45, 7) is 0.451. The Bertz CT molecular complexity index is 1010. The van der Waals surface area contributed by atoms with Crippen molar-refractivity contribution in [3.63, 3.8) is 0 Å². The zero-order valence-electron chi connectivity index (χ0n) is 15.0. The first-order valence-corrected chi connectivity index (χ1v) is 9.30. The van der Waals surface area contributed by atoms with Crippen LogP contribution in [0.2, 0.25) is 0 Å². The average molecular weight is 383 g/mol. The van der Waals surface area contributed by atoms with Crippen LogP contribution in [0.1, 0.15) is 29.1 Å². The molecule has 3 aromatic rings. The summed E-state index contributed by atoms with van der Waals surface area (Å²) in [5, 5.41) is 33.2. The molecule has 0 bridgehead atoms. The van der Waals surface area contributed by atoms with Gasteiger partial charge in [-0.1, -0.05) is 24.3 Å². The van der Waals surface area contributed by atoms with Gasteiger partial charge in [0.15, 0.2) is 11.9 Å². The Morgan fingerprint density at radius 1 is 1.14 bits per heavy atom.